The van der Waals surface area contributed by atoms with Gasteiger partial charge in [-0.1, -0.05) is 31.2 Å². The third-order valence-electron chi connectivity index (χ3n) is 8.82. The number of nitrogens with one attached hydrogen (secondary N) is 1. The molecular formula is C33H40FN3O5Si. The van der Waals surface area contributed by atoms with Crippen molar-refractivity contribution in [3.8, 4) is 5.75 Å². The summed E-state index contributed by atoms with van der Waals surface area (Å²) in [6.45, 7) is 5.41. The number of benzene rings is 3. The first-order valence-electron chi connectivity index (χ1n) is 14.7. The summed E-state index contributed by atoms with van der Waals surface area (Å²) in [7, 11) is -1.84. The Morgan fingerprint density at radius 2 is 1.84 bits per heavy atom. The monoisotopic (exact) mass is 605 g/mol. The van der Waals surface area contributed by atoms with Crippen molar-refractivity contribution in [3.63, 3.8) is 0 Å². The molecule has 0 bridgehead atoms. The summed E-state index contributed by atoms with van der Waals surface area (Å²) in [5.41, 5.74) is 9.62. The van der Waals surface area contributed by atoms with E-state index in [0.717, 1.165) is 16.7 Å². The molecule has 5 atom stereocenters. The average molecular weight is 606 g/mol. The number of aliphatic hydroxyl groups is 1. The van der Waals surface area contributed by atoms with Gasteiger partial charge in [0.15, 0.2) is 0 Å². The number of carbonyl (C=O) groups excluding carboxylic acids is 2. The number of nitrogen functional groups attached to an aromatic ring is 1. The van der Waals surface area contributed by atoms with E-state index in [4.69, 9.17) is 15.2 Å². The molecule has 2 aliphatic rings. The van der Waals surface area contributed by atoms with Crippen LogP contribution in [-0.4, -0.2) is 56.1 Å². The van der Waals surface area contributed by atoms with Crippen LogP contribution in [0.4, 0.5) is 15.5 Å². The van der Waals surface area contributed by atoms with Crippen LogP contribution in [0.3, 0.4) is 0 Å². The van der Waals surface area contributed by atoms with Crippen molar-refractivity contribution in [2.75, 3.05) is 24.8 Å². The van der Waals surface area contributed by atoms with Crippen LogP contribution >= 0.6 is 0 Å². The van der Waals surface area contributed by atoms with E-state index in [9.17, 15) is 14.7 Å². The maximum Gasteiger partial charge on any atom is 0.255 e. The van der Waals surface area contributed by atoms with E-state index in [2.05, 4.69) is 5.32 Å². The third kappa shape index (κ3) is 6.46. The number of halogens is 1. The van der Waals surface area contributed by atoms with Gasteiger partial charge in [-0.2, -0.15) is 0 Å². The number of carbonyl (C=O) groups is 2. The topological polar surface area (TPSA) is 114 Å². The smallest absolute Gasteiger partial charge is 0.255 e. The molecule has 10 heteroatoms. The second-order valence-electron chi connectivity index (χ2n) is 12.1. The van der Waals surface area contributed by atoms with Gasteiger partial charge in [0.05, 0.1) is 18.8 Å². The summed E-state index contributed by atoms with van der Waals surface area (Å²) in [5.74, 6) is -0.206. The number of nitrogens with zero attached hydrogens (tertiary/aromatic N) is 1. The summed E-state index contributed by atoms with van der Waals surface area (Å²) >= 11 is 0. The molecule has 0 aliphatic carbocycles. The van der Waals surface area contributed by atoms with E-state index in [1.54, 1.807) is 61.5 Å². The Hall–Kier alpha value is -3.73. The minimum atomic E-state index is -3.44. The molecule has 0 radical (unpaired) electrons. The minimum Gasteiger partial charge on any atom is -0.490 e. The summed E-state index contributed by atoms with van der Waals surface area (Å²) in [4.78, 5) is 28.3. The summed E-state index contributed by atoms with van der Waals surface area (Å²) < 4.78 is 28.5. The van der Waals surface area contributed by atoms with Crippen molar-refractivity contribution in [1.29, 1.82) is 0 Å². The molecule has 3 aromatic carbocycles. The number of hydrogen-bond acceptors (Lipinski definition) is 6. The van der Waals surface area contributed by atoms with Crippen LogP contribution in [0.15, 0.2) is 66.7 Å². The fourth-order valence-electron chi connectivity index (χ4n) is 6.39. The zero-order chi connectivity index (χ0) is 30.9. The fraction of sp³-hybridized carbons (Fsp3) is 0.394. The largest absolute Gasteiger partial charge is 0.490 e. The number of fused-ring (bicyclic) bond motifs is 2. The quantitative estimate of drug-likeness (QED) is 0.178. The molecule has 0 spiro atoms. The van der Waals surface area contributed by atoms with Crippen LogP contribution in [0.1, 0.15) is 46.5 Å². The highest BCUT2D eigenvalue weighted by Gasteiger charge is 2.49. The van der Waals surface area contributed by atoms with Crippen molar-refractivity contribution in [2.24, 2.45) is 5.92 Å². The fourth-order valence-corrected chi connectivity index (χ4v) is 8.20. The van der Waals surface area contributed by atoms with E-state index >= 15 is 4.11 Å². The van der Waals surface area contributed by atoms with Crippen LogP contribution in [0.5, 0.6) is 5.75 Å². The van der Waals surface area contributed by atoms with Crippen molar-refractivity contribution in [3.05, 3.63) is 89.0 Å². The highest BCUT2D eigenvalue weighted by Crippen LogP contribution is 2.48. The second kappa shape index (κ2) is 12.5. The normalized spacial score (nSPS) is 22.1. The molecule has 5 rings (SSSR count). The highest BCUT2D eigenvalue weighted by atomic mass is 28.4. The Morgan fingerprint density at radius 1 is 1.14 bits per heavy atom. The van der Waals surface area contributed by atoms with Crippen LogP contribution < -0.4 is 15.8 Å². The summed E-state index contributed by atoms with van der Waals surface area (Å²) in [5, 5.41) is 13.0. The molecule has 2 amide bonds. The van der Waals surface area contributed by atoms with E-state index in [1.165, 1.54) is 0 Å². The molecule has 1 unspecified atom stereocenters. The average Bonchev–Trinajstić information content (AvgIpc) is 2.98. The van der Waals surface area contributed by atoms with Gasteiger partial charge in [0, 0.05) is 54.0 Å². The van der Waals surface area contributed by atoms with Gasteiger partial charge in [0.1, 0.15) is 11.9 Å². The number of ether oxygens (including phenoxy) is 2. The Bertz CT molecular complexity index is 1480. The van der Waals surface area contributed by atoms with Gasteiger partial charge < -0.3 is 34.6 Å². The van der Waals surface area contributed by atoms with Crippen molar-refractivity contribution in [2.45, 2.75) is 63.2 Å². The number of amides is 2. The lowest BCUT2D eigenvalue weighted by atomic mass is 9.86. The Balaban J connectivity index is 1.37. The molecule has 43 heavy (non-hydrogen) atoms. The molecule has 2 heterocycles. The van der Waals surface area contributed by atoms with Gasteiger partial charge in [-0.05, 0) is 73.1 Å². The maximum absolute atomic E-state index is 16.1. The maximum atomic E-state index is 16.1. The number of hydrogen-bond donors (Lipinski definition) is 3. The summed E-state index contributed by atoms with van der Waals surface area (Å²) in [6.07, 6.45) is -0.507. The molecule has 0 aromatic heterocycles. The minimum absolute atomic E-state index is 0.0229. The SMILES string of the molecule is CO[C@H]1c2cc(NC(=O)c3ccc(N)cc3)ccc2O[C@@H](C(CC(=O)N2Cc3ccccc3C[C@H]2CO)[Si](C)(C)F)[C@@H]1C. The molecule has 0 saturated carbocycles. The van der Waals surface area contributed by atoms with Crippen molar-refractivity contribution in [1.82, 2.24) is 4.90 Å². The molecule has 0 fully saturated rings. The summed E-state index contributed by atoms with van der Waals surface area (Å²) in [6, 6.07) is 19.5. The molecular weight excluding hydrogens is 565 g/mol. The Kier molecular flexibility index (Phi) is 8.91. The predicted molar refractivity (Wildman–Crippen MR) is 167 cm³/mol. The first-order valence-corrected chi connectivity index (χ1v) is 17.6. The van der Waals surface area contributed by atoms with Crippen molar-refractivity contribution < 1.29 is 28.3 Å². The van der Waals surface area contributed by atoms with Gasteiger partial charge in [-0.25, -0.2) is 0 Å². The van der Waals surface area contributed by atoms with Gasteiger partial charge >= 0.3 is 0 Å². The van der Waals surface area contributed by atoms with Crippen molar-refractivity contribution >= 4 is 31.6 Å². The molecule has 228 valence electrons. The number of aliphatic hydroxyl groups excluding tert-OH is 1. The standard InChI is InChI=1S/C33H40FN3O5Si/c1-20-31(41-2)27-16-25(36-33(40)21-9-11-24(35)12-10-21)13-14-28(27)42-32(20)29(43(3,4)34)17-30(39)37-18-23-8-6-5-7-22(23)15-26(37)19-38/h5-14,16,20,26,29,31-32,38H,15,17-19,35H2,1-4H3,(H,36,40)/t20-,26+,29?,31-,32-/m1/s1. The molecule has 8 nitrogen and oxygen atoms in total. The first-order chi connectivity index (χ1) is 20.5. The number of rotatable bonds is 8. The van der Waals surface area contributed by atoms with Gasteiger partial charge in [0.25, 0.3) is 5.91 Å². The number of anilines is 2. The van der Waals surface area contributed by atoms with Crippen LogP contribution in [0, 0.1) is 5.92 Å². The lowest BCUT2D eigenvalue weighted by Crippen LogP contribution is -2.50. The van der Waals surface area contributed by atoms with E-state index in [-0.39, 0.29) is 36.8 Å². The van der Waals surface area contributed by atoms with E-state index in [0.29, 0.717) is 35.7 Å². The van der Waals surface area contributed by atoms with Gasteiger partial charge in [0.2, 0.25) is 14.3 Å². The Morgan fingerprint density at radius 3 is 2.49 bits per heavy atom. The lowest BCUT2D eigenvalue weighted by Gasteiger charge is -2.44. The van der Waals surface area contributed by atoms with Crippen LogP contribution in [0.2, 0.25) is 18.6 Å². The third-order valence-corrected chi connectivity index (χ3v) is 11.1. The molecule has 4 N–H and O–H groups in total. The van der Waals surface area contributed by atoms with Gasteiger partial charge in [-0.3, -0.25) is 9.59 Å². The molecule has 2 aliphatic heterocycles. The molecule has 0 saturated heterocycles. The first kappa shape index (κ1) is 30.7. The lowest BCUT2D eigenvalue weighted by molar-refractivity contribution is -0.136. The highest BCUT2D eigenvalue weighted by molar-refractivity contribution is 6.72. The Labute approximate surface area is 253 Å². The van der Waals surface area contributed by atoms with E-state index < -0.39 is 26.2 Å². The number of nitrogens with two attached hydrogens (primary N) is 1. The second-order valence-corrected chi connectivity index (χ2v) is 16.0. The van der Waals surface area contributed by atoms with Gasteiger partial charge in [-0.15, -0.1) is 0 Å². The zero-order valence-corrected chi connectivity index (χ0v) is 26.0. The van der Waals surface area contributed by atoms with Crippen LogP contribution in [0.25, 0.3) is 0 Å². The van der Waals surface area contributed by atoms with E-state index in [1.807, 2.05) is 37.3 Å². The number of methoxy groups -OCH3 is 1. The predicted octanol–water partition coefficient (Wildman–Crippen LogP) is 5.49. The molecule has 3 aromatic rings. The zero-order valence-electron chi connectivity index (χ0n) is 25.0. The van der Waals surface area contributed by atoms with Crippen LogP contribution in [-0.2, 0) is 22.5 Å².